The minimum absolute atomic E-state index is 0.0845. The Balaban J connectivity index is 2.08. The highest BCUT2D eigenvalue weighted by Gasteiger charge is 2.30. The largest absolute Gasteiger partial charge is 0.514 e. The summed E-state index contributed by atoms with van der Waals surface area (Å²) in [5.41, 5.74) is 1.19. The quantitative estimate of drug-likeness (QED) is 0.606. The summed E-state index contributed by atoms with van der Waals surface area (Å²) in [6.45, 7) is 6.21. The van der Waals surface area contributed by atoms with Gasteiger partial charge in [0.05, 0.1) is 35.1 Å². The molecule has 7 nitrogen and oxygen atoms in total. The fourth-order valence-electron chi connectivity index (χ4n) is 3.77. The summed E-state index contributed by atoms with van der Waals surface area (Å²) in [6.07, 6.45) is 11.5. The SMILES string of the molecule is C#CC1(Nc2cc3c(=O)c(OC(=O)OCC)cn(CC)c3nc2C)CCCCC1. The molecular formula is C22H27N3O4. The Morgan fingerprint density at radius 1 is 1.34 bits per heavy atom. The van der Waals surface area contributed by atoms with Gasteiger partial charge >= 0.3 is 6.16 Å². The summed E-state index contributed by atoms with van der Waals surface area (Å²) in [4.78, 5) is 29.4. The molecule has 0 aromatic carbocycles. The predicted molar refractivity (Wildman–Crippen MR) is 112 cm³/mol. The van der Waals surface area contributed by atoms with Gasteiger partial charge in [0.25, 0.3) is 0 Å². The topological polar surface area (TPSA) is 82.5 Å². The van der Waals surface area contributed by atoms with Crippen molar-refractivity contribution < 1.29 is 14.3 Å². The lowest BCUT2D eigenvalue weighted by Gasteiger charge is -2.34. The van der Waals surface area contributed by atoms with Crippen LogP contribution in [0.3, 0.4) is 0 Å². The van der Waals surface area contributed by atoms with E-state index in [-0.39, 0.29) is 12.4 Å². The minimum Gasteiger partial charge on any atom is -0.434 e. The molecule has 2 aromatic rings. The molecule has 1 N–H and O–H groups in total. The van der Waals surface area contributed by atoms with Crippen LogP contribution in [0, 0.1) is 19.3 Å². The van der Waals surface area contributed by atoms with Crippen molar-refractivity contribution >= 4 is 22.9 Å². The van der Waals surface area contributed by atoms with Crippen LogP contribution in [0.5, 0.6) is 5.75 Å². The molecule has 0 atom stereocenters. The summed E-state index contributed by atoms with van der Waals surface area (Å²) >= 11 is 0. The number of carbonyl (C=O) groups is 1. The average Bonchev–Trinajstić information content (AvgIpc) is 2.72. The molecule has 0 bridgehead atoms. The van der Waals surface area contributed by atoms with Gasteiger partial charge in [0.1, 0.15) is 5.65 Å². The first-order chi connectivity index (χ1) is 13.9. The number of hydrogen-bond donors (Lipinski definition) is 1. The van der Waals surface area contributed by atoms with Crippen molar-refractivity contribution in [1.82, 2.24) is 9.55 Å². The molecule has 0 amide bonds. The molecule has 29 heavy (non-hydrogen) atoms. The van der Waals surface area contributed by atoms with Gasteiger partial charge in [-0.05, 0) is 39.7 Å². The molecule has 1 aliphatic carbocycles. The van der Waals surface area contributed by atoms with Crippen LogP contribution >= 0.6 is 0 Å². The summed E-state index contributed by atoms with van der Waals surface area (Å²) in [5, 5.41) is 3.84. The van der Waals surface area contributed by atoms with E-state index in [0.717, 1.165) is 37.1 Å². The minimum atomic E-state index is -0.904. The van der Waals surface area contributed by atoms with Crippen molar-refractivity contribution in [3.63, 3.8) is 0 Å². The first-order valence-electron chi connectivity index (χ1n) is 10.1. The number of aromatic nitrogens is 2. The number of anilines is 1. The highest BCUT2D eigenvalue weighted by Crippen LogP contribution is 2.32. The van der Waals surface area contributed by atoms with Crippen LogP contribution < -0.4 is 15.5 Å². The van der Waals surface area contributed by atoms with Gasteiger partial charge in [0, 0.05) is 6.54 Å². The number of hydrogen-bond acceptors (Lipinski definition) is 6. The standard InChI is InChI=1S/C22H27N3O4/c1-5-22(11-9-8-10-12-22)24-17-13-16-19(26)18(29-21(27)28-7-3)14-25(6-2)20(16)23-15(17)4/h1,13-14,24H,6-12H2,2-4H3. The van der Waals surface area contributed by atoms with Gasteiger partial charge in [0.15, 0.2) is 5.75 Å². The summed E-state index contributed by atoms with van der Waals surface area (Å²) in [5.74, 6) is 2.84. The fraction of sp³-hybridized carbons (Fsp3) is 0.500. The Morgan fingerprint density at radius 2 is 2.07 bits per heavy atom. The van der Waals surface area contributed by atoms with Crippen molar-refractivity contribution in [2.75, 3.05) is 11.9 Å². The third kappa shape index (κ3) is 4.21. The lowest BCUT2D eigenvalue weighted by atomic mass is 9.82. The van der Waals surface area contributed by atoms with Crippen molar-refractivity contribution in [1.29, 1.82) is 0 Å². The molecule has 3 rings (SSSR count). The molecule has 0 spiro atoms. The number of fused-ring (bicyclic) bond motifs is 1. The van der Waals surface area contributed by atoms with Crippen LogP contribution in [0.1, 0.15) is 51.6 Å². The number of carbonyl (C=O) groups excluding carboxylic acids is 1. The van der Waals surface area contributed by atoms with E-state index in [4.69, 9.17) is 15.9 Å². The molecule has 1 aliphatic rings. The zero-order valence-electron chi connectivity index (χ0n) is 17.2. The lowest BCUT2D eigenvalue weighted by Crippen LogP contribution is -2.39. The molecule has 0 unspecified atom stereocenters. The third-order valence-electron chi connectivity index (χ3n) is 5.36. The van der Waals surface area contributed by atoms with E-state index in [9.17, 15) is 9.59 Å². The van der Waals surface area contributed by atoms with Crippen molar-refractivity contribution in [2.45, 2.75) is 65.0 Å². The van der Waals surface area contributed by atoms with E-state index in [0.29, 0.717) is 17.6 Å². The van der Waals surface area contributed by atoms with Crippen molar-refractivity contribution in [2.24, 2.45) is 0 Å². The van der Waals surface area contributed by atoms with Crippen LogP contribution in [-0.4, -0.2) is 27.9 Å². The zero-order chi connectivity index (χ0) is 21.0. The van der Waals surface area contributed by atoms with E-state index < -0.39 is 17.1 Å². The number of rotatable bonds is 5. The monoisotopic (exact) mass is 397 g/mol. The number of terminal acetylenes is 1. The highest BCUT2D eigenvalue weighted by atomic mass is 16.7. The van der Waals surface area contributed by atoms with Crippen molar-refractivity contribution in [3.05, 3.63) is 28.2 Å². The number of nitrogens with one attached hydrogen (secondary N) is 1. The Hall–Kier alpha value is -3.01. The van der Waals surface area contributed by atoms with E-state index >= 15 is 0 Å². The van der Waals surface area contributed by atoms with Crippen LogP contribution in [0.15, 0.2) is 17.1 Å². The first kappa shape index (κ1) is 20.7. The third-order valence-corrected chi connectivity index (χ3v) is 5.36. The summed E-state index contributed by atoms with van der Waals surface area (Å²) < 4.78 is 11.7. The zero-order valence-corrected chi connectivity index (χ0v) is 17.2. The van der Waals surface area contributed by atoms with Gasteiger partial charge in [-0.2, -0.15) is 0 Å². The van der Waals surface area contributed by atoms with Gasteiger partial charge in [-0.1, -0.05) is 25.2 Å². The number of pyridine rings is 2. The van der Waals surface area contributed by atoms with Gasteiger partial charge < -0.3 is 19.4 Å². The molecule has 154 valence electrons. The smallest absolute Gasteiger partial charge is 0.434 e. The molecule has 1 fully saturated rings. The molecule has 7 heteroatoms. The lowest BCUT2D eigenvalue weighted by molar-refractivity contribution is 0.104. The van der Waals surface area contributed by atoms with E-state index in [2.05, 4.69) is 16.2 Å². The van der Waals surface area contributed by atoms with Crippen molar-refractivity contribution in [3.8, 4) is 18.1 Å². The van der Waals surface area contributed by atoms with Crippen LogP contribution in [0.25, 0.3) is 11.0 Å². The maximum atomic E-state index is 13.0. The Bertz CT molecular complexity index is 1010. The second kappa shape index (κ2) is 8.56. The second-order valence-electron chi connectivity index (χ2n) is 7.30. The second-order valence-corrected chi connectivity index (χ2v) is 7.30. The van der Waals surface area contributed by atoms with E-state index in [1.165, 1.54) is 12.6 Å². The Kier molecular flexibility index (Phi) is 6.12. The maximum Gasteiger partial charge on any atom is 0.514 e. The number of ether oxygens (including phenoxy) is 2. The van der Waals surface area contributed by atoms with Crippen LogP contribution in [-0.2, 0) is 11.3 Å². The average molecular weight is 397 g/mol. The van der Waals surface area contributed by atoms with E-state index in [1.807, 2.05) is 13.8 Å². The maximum absolute atomic E-state index is 13.0. The Labute approximate surface area is 170 Å². The van der Waals surface area contributed by atoms with Gasteiger partial charge in [-0.15, -0.1) is 6.42 Å². The van der Waals surface area contributed by atoms with Gasteiger partial charge in [-0.3, -0.25) is 4.79 Å². The molecular weight excluding hydrogens is 370 g/mol. The summed E-state index contributed by atoms with van der Waals surface area (Å²) in [6, 6.07) is 1.76. The number of nitrogens with zero attached hydrogens (tertiary/aromatic N) is 2. The van der Waals surface area contributed by atoms with E-state index in [1.54, 1.807) is 17.6 Å². The highest BCUT2D eigenvalue weighted by molar-refractivity contribution is 5.82. The molecule has 0 radical (unpaired) electrons. The molecule has 2 heterocycles. The molecule has 2 aromatic heterocycles. The Morgan fingerprint density at radius 3 is 2.69 bits per heavy atom. The number of aryl methyl sites for hydroxylation is 2. The summed E-state index contributed by atoms with van der Waals surface area (Å²) in [7, 11) is 0. The van der Waals surface area contributed by atoms with Gasteiger partial charge in [0.2, 0.25) is 5.43 Å². The fourth-order valence-corrected chi connectivity index (χ4v) is 3.77. The molecule has 0 aliphatic heterocycles. The van der Waals surface area contributed by atoms with Gasteiger partial charge in [-0.25, -0.2) is 9.78 Å². The normalized spacial score (nSPS) is 15.5. The van der Waals surface area contributed by atoms with Crippen LogP contribution in [0.2, 0.25) is 0 Å². The molecule has 1 saturated carbocycles. The predicted octanol–water partition coefficient (Wildman–Crippen LogP) is 4.01. The van der Waals surface area contributed by atoms with Crippen LogP contribution in [0.4, 0.5) is 10.5 Å². The molecule has 0 saturated heterocycles. The first-order valence-corrected chi connectivity index (χ1v) is 10.1.